The van der Waals surface area contributed by atoms with Crippen LogP contribution in [0.3, 0.4) is 0 Å². The summed E-state index contributed by atoms with van der Waals surface area (Å²) in [5, 5.41) is 3.59. The van der Waals surface area contributed by atoms with Gasteiger partial charge in [0.25, 0.3) is 0 Å². The van der Waals surface area contributed by atoms with E-state index in [-0.39, 0.29) is 0 Å². The molecule has 0 aromatic heterocycles. The molecule has 0 aliphatic carbocycles. The molecular weight excluding hydrogens is 340 g/mol. The van der Waals surface area contributed by atoms with E-state index in [0.717, 1.165) is 36.6 Å². The Labute approximate surface area is 142 Å². The van der Waals surface area contributed by atoms with Crippen LogP contribution in [0.25, 0.3) is 0 Å². The average Bonchev–Trinajstić information content (AvgIpc) is 2.51. The third-order valence-electron chi connectivity index (χ3n) is 3.97. The van der Waals surface area contributed by atoms with E-state index >= 15 is 0 Å². The van der Waals surface area contributed by atoms with Crippen LogP contribution < -0.4 is 5.32 Å². The minimum atomic E-state index is 0.536. The Balaban J connectivity index is 1.80. The minimum Gasteiger partial charge on any atom is -0.353 e. The van der Waals surface area contributed by atoms with Crippen molar-refractivity contribution in [2.75, 3.05) is 33.7 Å². The molecule has 0 atom stereocenters. The zero-order valence-corrected chi connectivity index (χ0v) is 15.4. The van der Waals surface area contributed by atoms with Crippen molar-refractivity contribution < 1.29 is 0 Å². The van der Waals surface area contributed by atoms with E-state index < -0.39 is 0 Å². The Morgan fingerprint density at radius 2 is 1.91 bits per heavy atom. The number of hydrogen-bond donors (Lipinski definition) is 1. The van der Waals surface area contributed by atoms with E-state index in [4.69, 9.17) is 0 Å². The number of halogens is 1. The number of guanidine groups is 1. The Hall–Kier alpha value is -1.07. The van der Waals surface area contributed by atoms with Gasteiger partial charge in [0.1, 0.15) is 0 Å². The first-order valence-electron chi connectivity index (χ1n) is 8.03. The third kappa shape index (κ3) is 5.29. The van der Waals surface area contributed by atoms with Crippen molar-refractivity contribution in [3.63, 3.8) is 0 Å². The zero-order valence-electron chi connectivity index (χ0n) is 13.8. The molecule has 4 nitrogen and oxygen atoms in total. The molecule has 2 rings (SSSR count). The van der Waals surface area contributed by atoms with Crippen LogP contribution in [-0.4, -0.2) is 55.5 Å². The number of hydrogen-bond acceptors (Lipinski definition) is 2. The van der Waals surface area contributed by atoms with Gasteiger partial charge in [-0.05, 0) is 37.5 Å². The highest BCUT2D eigenvalue weighted by atomic mass is 79.9. The highest BCUT2D eigenvalue weighted by Gasteiger charge is 2.20. The molecule has 22 heavy (non-hydrogen) atoms. The molecule has 1 aliphatic heterocycles. The van der Waals surface area contributed by atoms with E-state index in [2.05, 4.69) is 67.2 Å². The fourth-order valence-corrected chi connectivity index (χ4v) is 3.00. The second kappa shape index (κ2) is 8.53. The summed E-state index contributed by atoms with van der Waals surface area (Å²) in [5.41, 5.74) is 1.39. The van der Waals surface area contributed by atoms with Gasteiger partial charge in [-0.1, -0.05) is 28.1 Å². The van der Waals surface area contributed by atoms with Crippen molar-refractivity contribution in [2.24, 2.45) is 4.99 Å². The van der Waals surface area contributed by atoms with Crippen LogP contribution in [0.15, 0.2) is 33.7 Å². The lowest BCUT2D eigenvalue weighted by Crippen LogP contribution is -2.48. The maximum atomic E-state index is 4.53. The van der Waals surface area contributed by atoms with Gasteiger partial charge in [0, 0.05) is 50.8 Å². The van der Waals surface area contributed by atoms with Crippen LogP contribution in [0.4, 0.5) is 0 Å². The summed E-state index contributed by atoms with van der Waals surface area (Å²) in [6.45, 7) is 6.22. The van der Waals surface area contributed by atoms with Crippen LogP contribution in [-0.2, 0) is 6.54 Å². The molecule has 0 radical (unpaired) electrons. The molecule has 1 aliphatic rings. The van der Waals surface area contributed by atoms with Gasteiger partial charge in [0.05, 0.1) is 0 Å². The monoisotopic (exact) mass is 366 g/mol. The van der Waals surface area contributed by atoms with Gasteiger partial charge in [-0.2, -0.15) is 0 Å². The van der Waals surface area contributed by atoms with Crippen molar-refractivity contribution in [2.45, 2.75) is 32.4 Å². The summed E-state index contributed by atoms with van der Waals surface area (Å²) < 4.78 is 1.14. The summed E-state index contributed by atoms with van der Waals surface area (Å²) in [4.78, 5) is 9.13. The molecule has 1 heterocycles. The molecular formula is C17H27BrN4. The number of piperidine rings is 1. The quantitative estimate of drug-likeness (QED) is 0.656. The normalized spacial score (nSPS) is 17.5. The van der Waals surface area contributed by atoms with Crippen LogP contribution in [0.5, 0.6) is 0 Å². The van der Waals surface area contributed by atoms with Crippen LogP contribution >= 0.6 is 15.9 Å². The van der Waals surface area contributed by atoms with Gasteiger partial charge < -0.3 is 10.2 Å². The lowest BCUT2D eigenvalue weighted by Gasteiger charge is -2.34. The predicted octanol–water partition coefficient (Wildman–Crippen LogP) is 2.94. The van der Waals surface area contributed by atoms with Crippen molar-refractivity contribution in [1.82, 2.24) is 15.1 Å². The number of nitrogens with one attached hydrogen (secondary N) is 1. The molecule has 0 saturated carbocycles. The summed E-state index contributed by atoms with van der Waals surface area (Å²) in [5.74, 6) is 1.01. The van der Waals surface area contributed by atoms with E-state index in [1.165, 1.54) is 18.4 Å². The van der Waals surface area contributed by atoms with E-state index in [1.807, 2.05) is 14.1 Å². The number of likely N-dealkylation sites (tertiary alicyclic amines) is 1. The molecule has 1 fully saturated rings. The first kappa shape index (κ1) is 17.3. The standard InChI is InChI=1S/C17H27BrN4/c1-4-19-17(21(2)3)20-16-9-11-22(12-10-16)13-14-5-7-15(18)8-6-14/h5-8,16H,4,9-13H2,1-3H3,(H,19,20). The van der Waals surface area contributed by atoms with Crippen molar-refractivity contribution in [3.05, 3.63) is 34.3 Å². The van der Waals surface area contributed by atoms with Crippen LogP contribution in [0.2, 0.25) is 0 Å². The molecule has 122 valence electrons. The van der Waals surface area contributed by atoms with Gasteiger partial charge in [0.2, 0.25) is 0 Å². The fraction of sp³-hybridized carbons (Fsp3) is 0.588. The number of nitrogens with zero attached hydrogens (tertiary/aromatic N) is 3. The number of rotatable bonds is 4. The van der Waals surface area contributed by atoms with Gasteiger partial charge in [-0.3, -0.25) is 9.89 Å². The molecule has 1 aromatic rings. The average molecular weight is 367 g/mol. The Morgan fingerprint density at radius 3 is 2.45 bits per heavy atom. The maximum absolute atomic E-state index is 4.53. The van der Waals surface area contributed by atoms with Crippen molar-refractivity contribution >= 4 is 21.9 Å². The first-order chi connectivity index (χ1) is 10.6. The minimum absolute atomic E-state index is 0.536. The van der Waals surface area contributed by atoms with Crippen LogP contribution in [0, 0.1) is 0 Å². The fourth-order valence-electron chi connectivity index (χ4n) is 2.73. The highest BCUT2D eigenvalue weighted by molar-refractivity contribution is 9.10. The second-order valence-electron chi connectivity index (χ2n) is 6.01. The third-order valence-corrected chi connectivity index (χ3v) is 4.50. The molecule has 1 aromatic carbocycles. The Bertz CT molecular complexity index is 476. The Kier molecular flexibility index (Phi) is 6.70. The molecule has 0 spiro atoms. The molecule has 5 heteroatoms. The van der Waals surface area contributed by atoms with Gasteiger partial charge in [-0.15, -0.1) is 0 Å². The van der Waals surface area contributed by atoms with Crippen LogP contribution in [0.1, 0.15) is 25.3 Å². The van der Waals surface area contributed by atoms with Crippen molar-refractivity contribution in [3.8, 4) is 0 Å². The lowest BCUT2D eigenvalue weighted by atomic mass is 10.0. The molecule has 0 bridgehead atoms. The highest BCUT2D eigenvalue weighted by Crippen LogP contribution is 2.16. The topological polar surface area (TPSA) is 30.9 Å². The van der Waals surface area contributed by atoms with E-state index in [0.29, 0.717) is 6.04 Å². The van der Waals surface area contributed by atoms with Crippen molar-refractivity contribution in [1.29, 1.82) is 0 Å². The summed E-state index contributed by atoms with van der Waals surface area (Å²) >= 11 is 3.49. The number of benzene rings is 1. The maximum Gasteiger partial charge on any atom is 0.193 e. The van der Waals surface area contributed by atoms with Gasteiger partial charge in [0.15, 0.2) is 5.96 Å². The zero-order chi connectivity index (χ0) is 15.9. The molecule has 1 saturated heterocycles. The van der Waals surface area contributed by atoms with E-state index in [9.17, 15) is 0 Å². The van der Waals surface area contributed by atoms with Gasteiger partial charge in [-0.25, -0.2) is 0 Å². The Morgan fingerprint density at radius 1 is 1.27 bits per heavy atom. The molecule has 0 unspecified atom stereocenters. The summed E-state index contributed by atoms with van der Waals surface area (Å²) in [6, 6.07) is 9.18. The lowest BCUT2D eigenvalue weighted by molar-refractivity contribution is 0.197. The molecule has 0 amide bonds. The smallest absolute Gasteiger partial charge is 0.193 e. The molecule has 1 N–H and O–H groups in total. The van der Waals surface area contributed by atoms with E-state index in [1.54, 1.807) is 0 Å². The largest absolute Gasteiger partial charge is 0.353 e. The SMILES string of the molecule is CCN=C(NC1CCN(Cc2ccc(Br)cc2)CC1)N(C)C. The summed E-state index contributed by atoms with van der Waals surface area (Å²) in [7, 11) is 4.09. The summed E-state index contributed by atoms with van der Waals surface area (Å²) in [6.07, 6.45) is 2.35. The van der Waals surface area contributed by atoms with Gasteiger partial charge >= 0.3 is 0 Å². The second-order valence-corrected chi connectivity index (χ2v) is 6.93. The first-order valence-corrected chi connectivity index (χ1v) is 8.83. The number of aliphatic imine (C=N–C) groups is 1. The predicted molar refractivity (Wildman–Crippen MR) is 97.2 cm³/mol.